The summed E-state index contributed by atoms with van der Waals surface area (Å²) in [5.74, 6) is -0.379. The van der Waals surface area contributed by atoms with Crippen molar-refractivity contribution < 1.29 is 14.7 Å². The number of aryl methyl sites for hydroxylation is 1. The highest BCUT2D eigenvalue weighted by molar-refractivity contribution is 6.02. The van der Waals surface area contributed by atoms with Crippen LogP contribution in [0.5, 0.6) is 0 Å². The molecule has 0 unspecified atom stereocenters. The molecule has 0 aliphatic carbocycles. The van der Waals surface area contributed by atoms with Crippen LogP contribution in [0.15, 0.2) is 79.3 Å². The molecule has 27 heavy (non-hydrogen) atoms. The van der Waals surface area contributed by atoms with E-state index in [0.717, 1.165) is 32.2 Å². The Morgan fingerprint density at radius 1 is 1.04 bits per heavy atom. The summed E-state index contributed by atoms with van der Waals surface area (Å²) in [6.45, 7) is 2.03. The smallest absolute Gasteiger partial charge is 0.317 e. The van der Waals surface area contributed by atoms with Gasteiger partial charge in [0, 0.05) is 40.3 Å². The molecule has 4 aromatic rings. The van der Waals surface area contributed by atoms with Crippen LogP contribution in [0.1, 0.15) is 16.1 Å². The Bertz CT molecular complexity index is 1160. The van der Waals surface area contributed by atoms with Gasteiger partial charge in [-0.15, -0.1) is 0 Å². The second kappa shape index (κ2) is 6.88. The predicted octanol–water partition coefficient (Wildman–Crippen LogP) is 3.99. The second-order valence-electron chi connectivity index (χ2n) is 6.35. The summed E-state index contributed by atoms with van der Waals surface area (Å²) in [7, 11) is 0. The summed E-state index contributed by atoms with van der Waals surface area (Å²) >= 11 is 0. The number of carbonyl (C=O) groups is 1. The van der Waals surface area contributed by atoms with Gasteiger partial charge in [0.15, 0.2) is 0 Å². The number of pyridine rings is 2. The third-order valence-electron chi connectivity index (χ3n) is 4.52. The molecule has 132 valence electrons. The van der Waals surface area contributed by atoms with Gasteiger partial charge in [-0.3, -0.25) is 15.0 Å². The fourth-order valence-electron chi connectivity index (χ4n) is 3.07. The number of hydrogen-bond acceptors (Lipinski definition) is 3. The SMILES string of the molecule is Cc1ccc(NC(=O)c2cccc[n+]2O)cc1-c1ccc2ccncc2c1. The van der Waals surface area contributed by atoms with Crippen molar-refractivity contribution in [1.82, 2.24) is 4.98 Å². The van der Waals surface area contributed by atoms with Crippen LogP contribution >= 0.6 is 0 Å². The minimum atomic E-state index is -0.379. The molecule has 0 spiro atoms. The van der Waals surface area contributed by atoms with Crippen molar-refractivity contribution in [2.45, 2.75) is 6.92 Å². The summed E-state index contributed by atoms with van der Waals surface area (Å²) < 4.78 is 0.806. The maximum Gasteiger partial charge on any atom is 0.325 e. The van der Waals surface area contributed by atoms with Gasteiger partial charge in [0.05, 0.1) is 0 Å². The van der Waals surface area contributed by atoms with Gasteiger partial charge in [-0.05, 0) is 59.3 Å². The van der Waals surface area contributed by atoms with E-state index in [9.17, 15) is 10.0 Å². The van der Waals surface area contributed by atoms with E-state index in [1.807, 2.05) is 37.4 Å². The molecule has 0 saturated carbocycles. The lowest BCUT2D eigenvalue weighted by atomic mass is 9.98. The van der Waals surface area contributed by atoms with Crippen LogP contribution in [0.25, 0.3) is 21.9 Å². The Balaban J connectivity index is 1.68. The zero-order valence-electron chi connectivity index (χ0n) is 14.8. The first kappa shape index (κ1) is 16.7. The molecule has 5 heteroatoms. The fourth-order valence-corrected chi connectivity index (χ4v) is 3.07. The van der Waals surface area contributed by atoms with Crippen molar-refractivity contribution in [2.75, 3.05) is 5.32 Å². The number of aromatic nitrogens is 2. The minimum absolute atomic E-state index is 0.163. The molecule has 4 rings (SSSR count). The molecule has 0 atom stereocenters. The van der Waals surface area contributed by atoms with E-state index in [2.05, 4.69) is 28.5 Å². The molecule has 0 aliphatic rings. The Hall–Kier alpha value is -3.73. The fraction of sp³-hybridized carbons (Fsp3) is 0.0455. The van der Waals surface area contributed by atoms with Crippen molar-refractivity contribution in [1.29, 1.82) is 0 Å². The third-order valence-corrected chi connectivity index (χ3v) is 4.52. The summed E-state index contributed by atoms with van der Waals surface area (Å²) in [4.78, 5) is 16.6. The topological polar surface area (TPSA) is 66.1 Å². The predicted molar refractivity (Wildman–Crippen MR) is 104 cm³/mol. The highest BCUT2D eigenvalue weighted by atomic mass is 16.5. The standard InChI is InChI=1S/C22H17N3O2/c1-15-5-8-19(24-22(26)21-4-2-3-11-25(21)27)13-20(15)17-7-6-16-9-10-23-14-18(16)12-17/h2-14H,1H3,(H-,24,26,27)/p+1. The normalized spacial score (nSPS) is 10.7. The largest absolute Gasteiger partial charge is 0.325 e. The first-order valence-electron chi connectivity index (χ1n) is 8.58. The van der Waals surface area contributed by atoms with E-state index >= 15 is 0 Å². The molecule has 0 saturated heterocycles. The third kappa shape index (κ3) is 3.35. The van der Waals surface area contributed by atoms with Gasteiger partial charge < -0.3 is 5.32 Å². The van der Waals surface area contributed by atoms with E-state index < -0.39 is 0 Å². The number of benzene rings is 2. The van der Waals surface area contributed by atoms with Gasteiger partial charge in [-0.1, -0.05) is 18.2 Å². The van der Waals surface area contributed by atoms with Crippen molar-refractivity contribution >= 4 is 22.4 Å². The molecule has 0 aliphatic heterocycles. The maximum absolute atomic E-state index is 12.4. The van der Waals surface area contributed by atoms with Crippen LogP contribution < -0.4 is 10.0 Å². The van der Waals surface area contributed by atoms with E-state index in [-0.39, 0.29) is 11.6 Å². The quantitative estimate of drug-likeness (QED) is 0.431. The maximum atomic E-state index is 12.4. The summed E-state index contributed by atoms with van der Waals surface area (Å²) in [5, 5.41) is 14.8. The average molecular weight is 356 g/mol. The van der Waals surface area contributed by atoms with Crippen LogP contribution in [-0.4, -0.2) is 16.1 Å². The lowest BCUT2D eigenvalue weighted by molar-refractivity contribution is -0.905. The van der Waals surface area contributed by atoms with Crippen molar-refractivity contribution in [3.8, 4) is 11.1 Å². The first-order valence-corrected chi connectivity index (χ1v) is 8.58. The monoisotopic (exact) mass is 356 g/mol. The highest BCUT2D eigenvalue weighted by Crippen LogP contribution is 2.29. The Morgan fingerprint density at radius 2 is 1.93 bits per heavy atom. The lowest BCUT2D eigenvalue weighted by Gasteiger charge is -2.11. The van der Waals surface area contributed by atoms with Gasteiger partial charge in [0.2, 0.25) is 6.20 Å². The average Bonchev–Trinajstić information content (AvgIpc) is 2.69. The van der Waals surface area contributed by atoms with Crippen LogP contribution in [0.4, 0.5) is 5.69 Å². The Labute approximate surface area is 156 Å². The van der Waals surface area contributed by atoms with Crippen molar-refractivity contribution in [3.05, 3.63) is 90.5 Å². The van der Waals surface area contributed by atoms with E-state index in [1.165, 1.54) is 6.20 Å². The van der Waals surface area contributed by atoms with E-state index in [0.29, 0.717) is 5.69 Å². The number of rotatable bonds is 3. The van der Waals surface area contributed by atoms with Crippen molar-refractivity contribution in [2.24, 2.45) is 0 Å². The van der Waals surface area contributed by atoms with E-state index in [1.54, 1.807) is 24.4 Å². The number of amides is 1. The van der Waals surface area contributed by atoms with Gasteiger partial charge in [0.1, 0.15) is 0 Å². The zero-order chi connectivity index (χ0) is 18.8. The molecular formula is C22H18N3O2+. The lowest BCUT2D eigenvalue weighted by Crippen LogP contribution is -2.38. The molecule has 2 aromatic carbocycles. The van der Waals surface area contributed by atoms with Crippen LogP contribution in [0.2, 0.25) is 0 Å². The first-order chi connectivity index (χ1) is 13.1. The number of nitrogens with one attached hydrogen (secondary N) is 1. The van der Waals surface area contributed by atoms with Gasteiger partial charge in [-0.2, -0.15) is 0 Å². The van der Waals surface area contributed by atoms with Crippen LogP contribution in [0, 0.1) is 6.92 Å². The van der Waals surface area contributed by atoms with Crippen LogP contribution in [-0.2, 0) is 0 Å². The molecule has 2 heterocycles. The van der Waals surface area contributed by atoms with E-state index in [4.69, 9.17) is 0 Å². The number of carbonyl (C=O) groups excluding carboxylic acids is 1. The number of nitrogens with zero attached hydrogens (tertiary/aromatic N) is 2. The molecule has 0 radical (unpaired) electrons. The zero-order valence-corrected chi connectivity index (χ0v) is 14.8. The van der Waals surface area contributed by atoms with Gasteiger partial charge >= 0.3 is 11.6 Å². The number of fused-ring (bicyclic) bond motifs is 1. The molecule has 5 nitrogen and oxygen atoms in total. The number of anilines is 1. The van der Waals surface area contributed by atoms with Crippen molar-refractivity contribution in [3.63, 3.8) is 0 Å². The summed E-state index contributed by atoms with van der Waals surface area (Å²) in [6, 6.07) is 18.9. The van der Waals surface area contributed by atoms with Gasteiger partial charge in [-0.25, -0.2) is 0 Å². The highest BCUT2D eigenvalue weighted by Gasteiger charge is 2.19. The molecular weight excluding hydrogens is 338 g/mol. The molecule has 2 N–H and O–H groups in total. The molecule has 1 amide bonds. The minimum Gasteiger partial charge on any atom is -0.317 e. The molecule has 0 fully saturated rings. The van der Waals surface area contributed by atoms with Gasteiger partial charge in [0.25, 0.3) is 0 Å². The molecule has 0 bridgehead atoms. The Morgan fingerprint density at radius 3 is 2.78 bits per heavy atom. The Kier molecular flexibility index (Phi) is 4.26. The molecule has 2 aromatic heterocycles. The van der Waals surface area contributed by atoms with Crippen LogP contribution in [0.3, 0.4) is 0 Å². The summed E-state index contributed by atoms with van der Waals surface area (Å²) in [5.41, 5.74) is 4.02. The number of hydrogen-bond donors (Lipinski definition) is 2. The second-order valence-corrected chi connectivity index (χ2v) is 6.35. The summed E-state index contributed by atoms with van der Waals surface area (Å²) in [6.07, 6.45) is 5.04.